The number of aliphatic hydroxyl groups excluding tert-OH is 3. The number of amides is 9. The Morgan fingerprint density at radius 2 is 1.44 bits per heavy atom. The third-order valence-electron chi connectivity index (χ3n) is 16.2. The number of aromatic amines is 1. The van der Waals surface area contributed by atoms with Gasteiger partial charge in [0.2, 0.25) is 41.4 Å². The first kappa shape index (κ1) is 66.9. The molecule has 1 fully saturated rings. The molecule has 26 nitrogen and oxygen atoms in total. The minimum absolute atomic E-state index is 0.0640. The Balaban J connectivity index is 1.30. The topological polar surface area (TPSA) is 400 Å². The largest absolute Gasteiger partial charge is 0.494 e. The fourth-order valence-corrected chi connectivity index (χ4v) is 12.5. The predicted octanol–water partition coefficient (Wildman–Crippen LogP) is -0.671. The number of nitrogens with two attached hydrogens (primary N) is 1. The van der Waals surface area contributed by atoms with Crippen molar-refractivity contribution in [3.8, 4) is 5.75 Å². The van der Waals surface area contributed by atoms with Gasteiger partial charge in [-0.15, -0.1) is 0 Å². The standard InChI is InChI=1S/C58H81N9O17S/c1-4-32(2)52-56(81)61-27-48(75)62-42-31-85(83)57-40(39-16-15-38(26-41(39)63-57)84-20-12-7-5-6-9-13-36(69)14-10-8-11-19-66-50(77)17-18-51(66)78)21-34(54(79)60-28-49(76)64-52)22-45(72)53(33(3)46(73)30-68)65-55(80)43-25-37(70)29-67(43)58(82)35(23-44(42)71)24-47(59)74/h15-18,26,32-35,37,42-43,46,52-53,63,68,70,73H,4-14,19-25,27-31H2,1-3H3,(H2,59,74)(H,60,79)(H,61,81)(H,62,75)(H,64,76)(H,65,80)/t32-,33-,34-,35-,37+,42-,43-,46-,52-,53-,85?/m0/s1. The zero-order valence-electron chi connectivity index (χ0n) is 48.4. The van der Waals surface area contributed by atoms with Gasteiger partial charge in [0.25, 0.3) is 11.8 Å². The number of primary amides is 1. The first-order valence-corrected chi connectivity index (χ1v) is 30.6. The van der Waals surface area contributed by atoms with Crippen LogP contribution in [-0.2, 0) is 74.8 Å². The number of carbonyl (C=O) groups is 12. The Bertz CT molecular complexity index is 2880. The number of Topliss-reactive ketones (excluding diaryl/α,β-unsaturated/α-hetero) is 3. The van der Waals surface area contributed by atoms with Crippen molar-refractivity contribution in [3.63, 3.8) is 0 Å². The average Bonchev–Trinajstić information content (AvgIpc) is 3.47. The molecule has 85 heavy (non-hydrogen) atoms. The highest BCUT2D eigenvalue weighted by molar-refractivity contribution is 7.85. The Kier molecular flexibility index (Phi) is 25.0. The molecule has 2 aromatic rings. The number of ketones is 3. The van der Waals surface area contributed by atoms with Gasteiger partial charge in [-0.2, -0.15) is 0 Å². The van der Waals surface area contributed by atoms with E-state index in [2.05, 4.69) is 31.6 Å². The lowest BCUT2D eigenvalue weighted by atomic mass is 9.85. The maximum Gasteiger partial charge on any atom is 0.253 e. The number of ether oxygens (including phenoxy) is 1. The number of benzene rings is 1. The third kappa shape index (κ3) is 18.6. The summed E-state index contributed by atoms with van der Waals surface area (Å²) in [6.45, 7) is 2.61. The van der Waals surface area contributed by atoms with Gasteiger partial charge in [0.05, 0.1) is 78.6 Å². The zero-order valence-corrected chi connectivity index (χ0v) is 49.2. The fourth-order valence-electron chi connectivity index (χ4n) is 11.0. The van der Waals surface area contributed by atoms with E-state index in [4.69, 9.17) is 10.5 Å². The number of fused-ring (bicyclic) bond motifs is 5. The minimum Gasteiger partial charge on any atom is -0.494 e. The lowest BCUT2D eigenvalue weighted by Gasteiger charge is -2.32. The number of rotatable bonds is 22. The fraction of sp³-hybridized carbons (Fsp3) is 0.621. The quantitative estimate of drug-likeness (QED) is 0.0516. The molecular formula is C58H81N9O17S. The SMILES string of the molecule is CC[C@H](C)[C@@H]1NC(=O)CNC(=O)[C@@H]2CC(=O)[C@H]([C@@H](C)[C@@H](O)CO)NC(=O)[C@@H]3C[C@@H](O)CN3C(=O)[C@H](CC(N)=O)CC(=O)[C@H](CS(=O)c3[nH]c4cc(OCCCCCCCC(=O)CCCCCN5C(=O)C=CC5=O)ccc4c3C2)NC(=O)CNC1=O. The van der Waals surface area contributed by atoms with Gasteiger partial charge in [-0.05, 0) is 55.7 Å². The Morgan fingerprint density at radius 1 is 0.788 bits per heavy atom. The monoisotopic (exact) mass is 1210 g/mol. The van der Waals surface area contributed by atoms with E-state index in [9.17, 15) is 72.9 Å². The summed E-state index contributed by atoms with van der Waals surface area (Å²) >= 11 is 0. The summed E-state index contributed by atoms with van der Waals surface area (Å²) in [5, 5.41) is 44.9. The molecule has 11 N–H and O–H groups in total. The molecule has 2 bridgehead atoms. The first-order chi connectivity index (χ1) is 40.5. The van der Waals surface area contributed by atoms with Crippen molar-refractivity contribution in [2.45, 2.75) is 165 Å². The number of hydrogen-bond acceptors (Lipinski definition) is 17. The predicted molar refractivity (Wildman–Crippen MR) is 305 cm³/mol. The van der Waals surface area contributed by atoms with Crippen molar-refractivity contribution in [1.82, 2.24) is 41.4 Å². The lowest BCUT2D eigenvalue weighted by Crippen LogP contribution is -2.56. The molecule has 1 aromatic heterocycles. The van der Waals surface area contributed by atoms with Gasteiger partial charge in [-0.3, -0.25) is 66.6 Å². The Labute approximate surface area is 494 Å². The van der Waals surface area contributed by atoms with E-state index < -0.39 is 181 Å². The van der Waals surface area contributed by atoms with Gasteiger partial charge >= 0.3 is 0 Å². The second kappa shape index (κ2) is 31.8. The van der Waals surface area contributed by atoms with Gasteiger partial charge in [-0.1, -0.05) is 52.9 Å². The van der Waals surface area contributed by atoms with E-state index in [1.54, 1.807) is 32.0 Å². The van der Waals surface area contributed by atoms with Gasteiger partial charge in [0, 0.05) is 87.1 Å². The first-order valence-electron chi connectivity index (χ1n) is 29.3. The summed E-state index contributed by atoms with van der Waals surface area (Å²) in [4.78, 5) is 168. The molecule has 6 rings (SSSR count). The molecule has 466 valence electrons. The van der Waals surface area contributed by atoms with Crippen LogP contribution < -0.4 is 37.1 Å². The number of carbonyl (C=O) groups excluding carboxylic acids is 12. The highest BCUT2D eigenvalue weighted by Crippen LogP contribution is 2.33. The van der Waals surface area contributed by atoms with Crippen LogP contribution in [0.3, 0.4) is 0 Å². The van der Waals surface area contributed by atoms with Crippen LogP contribution in [0, 0.1) is 23.7 Å². The van der Waals surface area contributed by atoms with Gasteiger partial charge in [0.15, 0.2) is 11.6 Å². The van der Waals surface area contributed by atoms with Crippen LogP contribution in [0.25, 0.3) is 10.9 Å². The molecule has 0 saturated carbocycles. The van der Waals surface area contributed by atoms with Gasteiger partial charge < -0.3 is 62.3 Å². The van der Waals surface area contributed by atoms with E-state index in [1.807, 2.05) is 0 Å². The Hall–Kier alpha value is -7.23. The average molecular weight is 1210 g/mol. The number of unbranched alkanes of at least 4 members (excludes halogenated alkanes) is 6. The van der Waals surface area contributed by atoms with E-state index >= 15 is 4.21 Å². The van der Waals surface area contributed by atoms with Crippen LogP contribution in [0.4, 0.5) is 0 Å². The second-order valence-electron chi connectivity index (χ2n) is 22.6. The number of aliphatic hydroxyl groups is 3. The molecule has 1 unspecified atom stereocenters. The van der Waals surface area contributed by atoms with E-state index in [0.717, 1.165) is 37.0 Å². The lowest BCUT2D eigenvalue weighted by molar-refractivity contribution is -0.145. The summed E-state index contributed by atoms with van der Waals surface area (Å²) in [6.07, 6.45) is 3.63. The molecule has 11 atom stereocenters. The van der Waals surface area contributed by atoms with Crippen LogP contribution in [0.5, 0.6) is 5.75 Å². The summed E-state index contributed by atoms with van der Waals surface area (Å²) in [5.41, 5.74) is 6.14. The van der Waals surface area contributed by atoms with E-state index in [0.29, 0.717) is 68.3 Å². The van der Waals surface area contributed by atoms with Crippen LogP contribution in [-0.4, -0.2) is 186 Å². The summed E-state index contributed by atoms with van der Waals surface area (Å²) < 4.78 is 21.2. The second-order valence-corrected chi connectivity index (χ2v) is 24.0. The number of H-pyrrole nitrogens is 1. The molecular weight excluding hydrogens is 1130 g/mol. The molecule has 27 heteroatoms. The third-order valence-corrected chi connectivity index (χ3v) is 17.7. The van der Waals surface area contributed by atoms with Crippen LogP contribution in [0.2, 0.25) is 0 Å². The van der Waals surface area contributed by atoms with Gasteiger partial charge in [-0.25, -0.2) is 0 Å². The van der Waals surface area contributed by atoms with Crippen LogP contribution in [0.15, 0.2) is 35.4 Å². The van der Waals surface area contributed by atoms with E-state index in [-0.39, 0.29) is 34.6 Å². The maximum absolute atomic E-state index is 15.1. The Morgan fingerprint density at radius 3 is 2.11 bits per heavy atom. The van der Waals surface area contributed by atoms with Crippen molar-refractivity contribution < 1.29 is 81.8 Å². The molecule has 1 saturated heterocycles. The molecule has 9 amide bonds. The maximum atomic E-state index is 15.1. The molecule has 4 aliphatic heterocycles. The van der Waals surface area contributed by atoms with Crippen molar-refractivity contribution in [2.24, 2.45) is 29.4 Å². The van der Waals surface area contributed by atoms with Gasteiger partial charge in [0.1, 0.15) is 28.6 Å². The zero-order chi connectivity index (χ0) is 62.1. The molecule has 0 aliphatic carbocycles. The van der Waals surface area contributed by atoms with Crippen LogP contribution >= 0.6 is 0 Å². The molecule has 0 spiro atoms. The highest BCUT2D eigenvalue weighted by Gasteiger charge is 2.45. The summed E-state index contributed by atoms with van der Waals surface area (Å²) in [7, 11) is -2.34. The van der Waals surface area contributed by atoms with Crippen molar-refractivity contribution in [3.05, 3.63) is 35.9 Å². The van der Waals surface area contributed by atoms with Crippen molar-refractivity contribution in [1.29, 1.82) is 0 Å². The normalized spacial score (nSPS) is 25.3. The number of hydrogen-bond donors (Lipinski definition) is 10. The number of imide groups is 1. The number of nitrogens with zero attached hydrogens (tertiary/aromatic N) is 2. The van der Waals surface area contributed by atoms with Crippen LogP contribution in [0.1, 0.15) is 123 Å². The molecule has 5 heterocycles. The minimum atomic E-state index is -2.34. The van der Waals surface area contributed by atoms with E-state index in [1.165, 1.54) is 24.0 Å². The summed E-state index contributed by atoms with van der Waals surface area (Å²) in [6, 6.07) is -1.23. The van der Waals surface area contributed by atoms with Crippen molar-refractivity contribution in [2.75, 3.05) is 45.1 Å². The molecule has 0 radical (unpaired) electrons. The van der Waals surface area contributed by atoms with Crippen molar-refractivity contribution >= 4 is 92.2 Å². The number of nitrogens with one attached hydrogen (secondary N) is 6. The highest BCUT2D eigenvalue weighted by atomic mass is 32.2. The smallest absolute Gasteiger partial charge is 0.253 e. The molecule has 1 aromatic carbocycles. The molecule has 4 aliphatic rings. The summed E-state index contributed by atoms with van der Waals surface area (Å²) in [5.74, 6) is -13.8. The number of aromatic nitrogens is 1.